The van der Waals surface area contributed by atoms with E-state index in [1.807, 2.05) is 6.07 Å². The number of rotatable bonds is 5. The fraction of sp³-hybridized carbons (Fsp3) is 0.364. The third-order valence-electron chi connectivity index (χ3n) is 2.28. The lowest BCUT2D eigenvalue weighted by Gasteiger charge is -2.11. The van der Waals surface area contributed by atoms with Gasteiger partial charge in [-0.25, -0.2) is 0 Å². The molecule has 1 aromatic rings. The molecule has 1 aromatic carbocycles. The van der Waals surface area contributed by atoms with Crippen molar-refractivity contribution in [3.8, 4) is 0 Å². The quantitative estimate of drug-likeness (QED) is 0.697. The van der Waals surface area contributed by atoms with Gasteiger partial charge in [0.05, 0.1) is 0 Å². The number of carbonyl (C=O) groups excluding carboxylic acids is 1. The Morgan fingerprint density at radius 1 is 1.19 bits per heavy atom. The second-order valence-corrected chi connectivity index (χ2v) is 3.25. The number of hydrogen-bond acceptors (Lipinski definition) is 3. The molecule has 90 valence electrons. The van der Waals surface area contributed by atoms with Gasteiger partial charge in [0, 0.05) is 18.8 Å². The van der Waals surface area contributed by atoms with Crippen LogP contribution in [0.3, 0.4) is 0 Å². The van der Waals surface area contributed by atoms with Crippen LogP contribution in [0.5, 0.6) is 0 Å². The van der Waals surface area contributed by atoms with E-state index in [-0.39, 0.29) is 25.6 Å². The van der Waals surface area contributed by atoms with Crippen LogP contribution in [0.4, 0.5) is 0 Å². The van der Waals surface area contributed by atoms with E-state index in [0.717, 1.165) is 11.1 Å². The fourth-order valence-corrected chi connectivity index (χ4v) is 1.63. The van der Waals surface area contributed by atoms with Crippen LogP contribution in [0.25, 0.3) is 0 Å². The maximum absolute atomic E-state index is 11.1. The zero-order valence-corrected chi connectivity index (χ0v) is 9.67. The van der Waals surface area contributed by atoms with Crippen molar-refractivity contribution in [2.24, 2.45) is 5.73 Å². The van der Waals surface area contributed by atoms with Crippen molar-refractivity contribution in [1.82, 2.24) is 0 Å². The summed E-state index contributed by atoms with van der Waals surface area (Å²) >= 11 is 0. The molecule has 0 spiro atoms. The molecule has 0 saturated heterocycles. The van der Waals surface area contributed by atoms with Gasteiger partial charge in [0.2, 0.25) is 5.91 Å². The van der Waals surface area contributed by atoms with Crippen molar-refractivity contribution in [1.29, 1.82) is 0 Å². The van der Waals surface area contributed by atoms with Crippen molar-refractivity contribution in [3.63, 3.8) is 0 Å². The van der Waals surface area contributed by atoms with E-state index in [2.05, 4.69) is 0 Å². The molecule has 5 heteroatoms. The molecular formula is C11H16ClNO3. The highest BCUT2D eigenvalue weighted by atomic mass is 35.5. The molecule has 0 heterocycles. The van der Waals surface area contributed by atoms with Crippen LogP contribution in [0.15, 0.2) is 18.2 Å². The van der Waals surface area contributed by atoms with E-state index < -0.39 is 5.91 Å². The normalized spacial score (nSPS) is 9.62. The molecule has 0 aliphatic carbocycles. The molecule has 0 radical (unpaired) electrons. The average Bonchev–Trinajstić information content (AvgIpc) is 2.21. The lowest BCUT2D eigenvalue weighted by molar-refractivity contribution is 0.0999. The number of aliphatic hydroxyl groups is 2. The predicted molar refractivity (Wildman–Crippen MR) is 63.8 cm³/mol. The first kappa shape index (κ1) is 14.9. The summed E-state index contributed by atoms with van der Waals surface area (Å²) in [4.78, 5) is 11.1. The summed E-state index contributed by atoms with van der Waals surface area (Å²) < 4.78 is 0. The molecule has 4 nitrogen and oxygen atoms in total. The van der Waals surface area contributed by atoms with Gasteiger partial charge in [-0.2, -0.15) is 0 Å². The summed E-state index contributed by atoms with van der Waals surface area (Å²) in [5, 5.41) is 17.8. The van der Waals surface area contributed by atoms with E-state index in [4.69, 9.17) is 15.9 Å². The number of hydrogen-bond donors (Lipinski definition) is 3. The van der Waals surface area contributed by atoms with Gasteiger partial charge in [-0.15, -0.1) is 12.4 Å². The largest absolute Gasteiger partial charge is 0.396 e. The third-order valence-corrected chi connectivity index (χ3v) is 2.28. The lowest BCUT2D eigenvalue weighted by atomic mass is 9.96. The lowest BCUT2D eigenvalue weighted by Crippen LogP contribution is -2.16. The average molecular weight is 246 g/mol. The molecule has 0 fully saturated rings. The Morgan fingerprint density at radius 2 is 1.81 bits per heavy atom. The van der Waals surface area contributed by atoms with Gasteiger partial charge < -0.3 is 15.9 Å². The van der Waals surface area contributed by atoms with Crippen molar-refractivity contribution < 1.29 is 15.0 Å². The minimum absolute atomic E-state index is 0. The Hall–Kier alpha value is -1.10. The zero-order chi connectivity index (χ0) is 11.3. The smallest absolute Gasteiger partial charge is 0.248 e. The number of aliphatic hydroxyl groups excluding tert-OH is 2. The Kier molecular flexibility index (Phi) is 6.72. The van der Waals surface area contributed by atoms with Crippen molar-refractivity contribution >= 4 is 18.3 Å². The predicted octanol–water partition coefficient (Wildman–Crippen LogP) is 0.277. The first-order chi connectivity index (χ1) is 7.20. The first-order valence-electron chi connectivity index (χ1n) is 4.83. The van der Waals surface area contributed by atoms with E-state index in [1.165, 1.54) is 0 Å². The molecule has 16 heavy (non-hydrogen) atoms. The molecule has 0 aliphatic heterocycles. The van der Waals surface area contributed by atoms with Gasteiger partial charge in [-0.05, 0) is 30.0 Å². The highest BCUT2D eigenvalue weighted by Crippen LogP contribution is 2.16. The summed E-state index contributed by atoms with van der Waals surface area (Å²) in [5.41, 5.74) is 7.25. The Bertz CT molecular complexity index is 355. The van der Waals surface area contributed by atoms with Crippen LogP contribution in [-0.2, 0) is 12.8 Å². The van der Waals surface area contributed by atoms with Crippen LogP contribution in [0, 0.1) is 0 Å². The summed E-state index contributed by atoms with van der Waals surface area (Å²) in [6, 6.07) is 5.19. The van der Waals surface area contributed by atoms with Gasteiger partial charge in [-0.1, -0.05) is 12.1 Å². The first-order valence-corrected chi connectivity index (χ1v) is 4.83. The van der Waals surface area contributed by atoms with Gasteiger partial charge >= 0.3 is 0 Å². The number of amides is 1. The number of carbonyl (C=O) groups is 1. The van der Waals surface area contributed by atoms with Gasteiger partial charge in [-0.3, -0.25) is 4.79 Å². The Balaban J connectivity index is 0.00000225. The van der Waals surface area contributed by atoms with Crippen molar-refractivity contribution in [2.45, 2.75) is 12.8 Å². The van der Waals surface area contributed by atoms with Gasteiger partial charge in [0.1, 0.15) is 0 Å². The summed E-state index contributed by atoms with van der Waals surface area (Å²) in [7, 11) is 0. The maximum Gasteiger partial charge on any atom is 0.248 e. The molecule has 1 amide bonds. The topological polar surface area (TPSA) is 83.6 Å². The minimum Gasteiger partial charge on any atom is -0.396 e. The summed E-state index contributed by atoms with van der Waals surface area (Å²) in [6.45, 7) is -0.0244. The number of benzene rings is 1. The molecule has 0 aromatic heterocycles. The zero-order valence-electron chi connectivity index (χ0n) is 8.85. The standard InChI is InChI=1S/C11H15NO3.ClH/c12-11(15)10-3-1-2-8(4-6-13)9(10)5-7-14;/h1-3,13-14H,4-7H2,(H2,12,15);1H. The molecule has 0 aliphatic rings. The van der Waals surface area contributed by atoms with Crippen LogP contribution in [0.1, 0.15) is 21.5 Å². The van der Waals surface area contributed by atoms with E-state index >= 15 is 0 Å². The maximum atomic E-state index is 11.1. The highest BCUT2D eigenvalue weighted by molar-refractivity contribution is 5.94. The molecule has 1 rings (SSSR count). The molecule has 0 bridgehead atoms. The number of halogens is 1. The monoisotopic (exact) mass is 245 g/mol. The van der Waals surface area contributed by atoms with E-state index in [9.17, 15) is 4.79 Å². The number of primary amides is 1. The fourth-order valence-electron chi connectivity index (χ4n) is 1.63. The SMILES string of the molecule is Cl.NC(=O)c1cccc(CCO)c1CCO. The number of nitrogens with two attached hydrogens (primary N) is 1. The third kappa shape index (κ3) is 3.48. The molecular weight excluding hydrogens is 230 g/mol. The summed E-state index contributed by atoms with van der Waals surface area (Å²) in [6.07, 6.45) is 0.852. The van der Waals surface area contributed by atoms with E-state index in [0.29, 0.717) is 18.4 Å². The second kappa shape index (κ2) is 7.22. The second-order valence-electron chi connectivity index (χ2n) is 3.25. The van der Waals surface area contributed by atoms with Crippen LogP contribution in [0.2, 0.25) is 0 Å². The Morgan fingerprint density at radius 3 is 2.31 bits per heavy atom. The van der Waals surface area contributed by atoms with Gasteiger partial charge in [0.25, 0.3) is 0 Å². The highest BCUT2D eigenvalue weighted by Gasteiger charge is 2.11. The molecule has 0 unspecified atom stereocenters. The molecule has 4 N–H and O–H groups in total. The van der Waals surface area contributed by atoms with Crippen molar-refractivity contribution in [3.05, 3.63) is 34.9 Å². The van der Waals surface area contributed by atoms with E-state index in [1.54, 1.807) is 12.1 Å². The molecule has 0 saturated carbocycles. The van der Waals surface area contributed by atoms with Crippen LogP contribution < -0.4 is 5.73 Å². The minimum atomic E-state index is -0.502. The Labute approximate surface area is 100 Å². The van der Waals surface area contributed by atoms with Crippen molar-refractivity contribution in [2.75, 3.05) is 13.2 Å². The van der Waals surface area contributed by atoms with Gasteiger partial charge in [0.15, 0.2) is 0 Å². The summed E-state index contributed by atoms with van der Waals surface area (Å²) in [5.74, 6) is -0.502. The van der Waals surface area contributed by atoms with Crippen LogP contribution in [-0.4, -0.2) is 29.3 Å². The molecule has 0 atom stereocenters. The van der Waals surface area contributed by atoms with Crippen LogP contribution >= 0.6 is 12.4 Å².